The van der Waals surface area contributed by atoms with Gasteiger partial charge in [0, 0.05) is 17.0 Å². The minimum Gasteiger partial charge on any atom is -0.494 e. The van der Waals surface area contributed by atoms with Gasteiger partial charge in [0.2, 0.25) is 0 Å². The van der Waals surface area contributed by atoms with E-state index in [4.69, 9.17) is 15.6 Å². The third kappa shape index (κ3) is 2.49. The van der Waals surface area contributed by atoms with E-state index in [9.17, 15) is 0 Å². The summed E-state index contributed by atoms with van der Waals surface area (Å²) in [4.78, 5) is 4.72. The van der Waals surface area contributed by atoms with Crippen LogP contribution >= 0.6 is 0 Å². The van der Waals surface area contributed by atoms with Gasteiger partial charge in [0.25, 0.3) is 0 Å². The topological polar surface area (TPSA) is 60.2 Å². The number of ether oxygens (including phenoxy) is 1. The number of nitrogen functional groups attached to an aromatic ring is 1. The van der Waals surface area contributed by atoms with Gasteiger partial charge in [-0.05, 0) is 43.5 Å². The lowest BCUT2D eigenvalue weighted by atomic mass is 10.1. The minimum absolute atomic E-state index is 0.618. The summed E-state index contributed by atoms with van der Waals surface area (Å²) in [5.74, 6) is 7.12. The molecule has 1 aromatic heterocycles. The lowest BCUT2D eigenvalue weighted by Crippen LogP contribution is -2.08. The van der Waals surface area contributed by atoms with E-state index in [-0.39, 0.29) is 0 Å². The number of nitrogens with one attached hydrogen (secondary N) is 1. The summed E-state index contributed by atoms with van der Waals surface area (Å²) in [5, 5.41) is 1.01. The van der Waals surface area contributed by atoms with Crippen LogP contribution in [-0.4, -0.2) is 11.6 Å². The first-order valence-corrected chi connectivity index (χ1v) is 6.86. The van der Waals surface area contributed by atoms with E-state index in [2.05, 4.69) is 18.4 Å². The Hall–Kier alpha value is -1.81. The standard InChI is InChI=1S/C15H19N3O/c1-2-7-19-11-5-6-13-12(8-11)15(18-16)9-14(17-13)10-3-4-10/h5-6,8-10H,2-4,7,16H2,1H3,(H,17,18). The zero-order chi connectivity index (χ0) is 13.2. The molecule has 1 saturated carbocycles. The lowest BCUT2D eigenvalue weighted by molar-refractivity contribution is 0.318. The van der Waals surface area contributed by atoms with Crippen molar-refractivity contribution in [3.8, 4) is 5.75 Å². The van der Waals surface area contributed by atoms with Gasteiger partial charge in [-0.15, -0.1) is 0 Å². The molecule has 1 fully saturated rings. The molecule has 0 bridgehead atoms. The molecular weight excluding hydrogens is 238 g/mol. The fraction of sp³-hybridized carbons (Fsp3) is 0.400. The van der Waals surface area contributed by atoms with Crippen LogP contribution in [0.2, 0.25) is 0 Å². The normalized spacial score (nSPS) is 14.6. The highest BCUT2D eigenvalue weighted by Gasteiger charge is 2.25. The first-order chi connectivity index (χ1) is 9.31. The van der Waals surface area contributed by atoms with Crippen LogP contribution < -0.4 is 16.0 Å². The van der Waals surface area contributed by atoms with Gasteiger partial charge >= 0.3 is 0 Å². The zero-order valence-corrected chi connectivity index (χ0v) is 11.1. The molecule has 3 rings (SSSR count). The van der Waals surface area contributed by atoms with Crippen molar-refractivity contribution in [3.05, 3.63) is 30.0 Å². The summed E-state index contributed by atoms with van der Waals surface area (Å²) in [5.41, 5.74) is 5.82. The van der Waals surface area contributed by atoms with Crippen molar-refractivity contribution < 1.29 is 4.74 Å². The Labute approximate surface area is 112 Å². The summed E-state index contributed by atoms with van der Waals surface area (Å²) < 4.78 is 5.66. The van der Waals surface area contributed by atoms with Gasteiger partial charge in [0.1, 0.15) is 5.75 Å². The second kappa shape index (κ2) is 5.05. The molecule has 1 heterocycles. The van der Waals surface area contributed by atoms with Crippen LogP contribution in [0.25, 0.3) is 10.9 Å². The van der Waals surface area contributed by atoms with Crippen LogP contribution in [0.5, 0.6) is 5.75 Å². The highest BCUT2D eigenvalue weighted by molar-refractivity contribution is 5.92. The molecule has 0 spiro atoms. The van der Waals surface area contributed by atoms with Gasteiger partial charge in [-0.25, -0.2) is 0 Å². The van der Waals surface area contributed by atoms with Gasteiger partial charge in [0.15, 0.2) is 0 Å². The van der Waals surface area contributed by atoms with Gasteiger partial charge in [-0.1, -0.05) is 6.92 Å². The van der Waals surface area contributed by atoms with E-state index in [1.54, 1.807) is 0 Å². The number of nitrogens with two attached hydrogens (primary N) is 1. The number of hydrogen-bond acceptors (Lipinski definition) is 4. The molecule has 2 aromatic rings. The van der Waals surface area contributed by atoms with E-state index >= 15 is 0 Å². The Kier molecular flexibility index (Phi) is 3.25. The highest BCUT2D eigenvalue weighted by atomic mass is 16.5. The zero-order valence-electron chi connectivity index (χ0n) is 11.1. The van der Waals surface area contributed by atoms with Gasteiger partial charge in [-0.2, -0.15) is 0 Å². The number of nitrogens with zero attached hydrogens (tertiary/aromatic N) is 1. The maximum atomic E-state index is 5.66. The number of rotatable bonds is 5. The number of hydrogen-bond donors (Lipinski definition) is 2. The molecule has 1 aliphatic rings. The Morgan fingerprint density at radius 1 is 1.37 bits per heavy atom. The summed E-state index contributed by atoms with van der Waals surface area (Å²) in [6, 6.07) is 8.04. The second-order valence-electron chi connectivity index (χ2n) is 5.04. The van der Waals surface area contributed by atoms with Crippen LogP contribution in [0.15, 0.2) is 24.3 Å². The van der Waals surface area contributed by atoms with Crippen LogP contribution in [0.4, 0.5) is 5.69 Å². The molecule has 1 aromatic carbocycles. The molecular formula is C15H19N3O. The summed E-state index contributed by atoms with van der Waals surface area (Å²) in [6.07, 6.45) is 3.47. The molecule has 0 aliphatic heterocycles. The Morgan fingerprint density at radius 3 is 2.89 bits per heavy atom. The highest BCUT2D eigenvalue weighted by Crippen LogP contribution is 2.41. The largest absolute Gasteiger partial charge is 0.494 e. The molecule has 4 heteroatoms. The van der Waals surface area contributed by atoms with Crippen molar-refractivity contribution >= 4 is 16.6 Å². The predicted molar refractivity (Wildman–Crippen MR) is 77.3 cm³/mol. The van der Waals surface area contributed by atoms with Crippen molar-refractivity contribution in [1.29, 1.82) is 0 Å². The Balaban J connectivity index is 2.03. The number of anilines is 1. The van der Waals surface area contributed by atoms with Crippen LogP contribution in [0.3, 0.4) is 0 Å². The summed E-state index contributed by atoms with van der Waals surface area (Å²) in [6.45, 7) is 2.82. The molecule has 100 valence electrons. The van der Waals surface area contributed by atoms with Crippen LogP contribution in [-0.2, 0) is 0 Å². The van der Waals surface area contributed by atoms with Gasteiger partial charge in [0.05, 0.1) is 17.8 Å². The van der Waals surface area contributed by atoms with E-state index in [1.165, 1.54) is 12.8 Å². The number of aromatic nitrogens is 1. The first-order valence-electron chi connectivity index (χ1n) is 6.86. The first kappa shape index (κ1) is 12.2. The summed E-state index contributed by atoms with van der Waals surface area (Å²) >= 11 is 0. The van der Waals surface area contributed by atoms with E-state index in [1.807, 2.05) is 18.2 Å². The minimum atomic E-state index is 0.618. The maximum absolute atomic E-state index is 5.66. The molecule has 0 unspecified atom stereocenters. The fourth-order valence-corrected chi connectivity index (χ4v) is 2.24. The Bertz CT molecular complexity index is 593. The van der Waals surface area contributed by atoms with Crippen molar-refractivity contribution in [1.82, 2.24) is 4.98 Å². The summed E-state index contributed by atoms with van der Waals surface area (Å²) in [7, 11) is 0. The maximum Gasteiger partial charge on any atom is 0.120 e. The average molecular weight is 257 g/mol. The molecule has 4 nitrogen and oxygen atoms in total. The SMILES string of the molecule is CCCOc1ccc2nc(C3CC3)cc(NN)c2c1. The monoisotopic (exact) mass is 257 g/mol. The van der Waals surface area contributed by atoms with Crippen LogP contribution in [0, 0.1) is 0 Å². The quantitative estimate of drug-likeness (QED) is 0.638. The smallest absolute Gasteiger partial charge is 0.120 e. The molecule has 1 aliphatic carbocycles. The van der Waals surface area contributed by atoms with Gasteiger partial charge < -0.3 is 10.2 Å². The van der Waals surface area contributed by atoms with Crippen molar-refractivity contribution in [2.24, 2.45) is 5.84 Å². The van der Waals surface area contributed by atoms with Crippen molar-refractivity contribution in [2.45, 2.75) is 32.1 Å². The number of fused-ring (bicyclic) bond motifs is 1. The van der Waals surface area contributed by atoms with Crippen LogP contribution in [0.1, 0.15) is 37.8 Å². The van der Waals surface area contributed by atoms with Gasteiger partial charge in [-0.3, -0.25) is 10.8 Å². The third-order valence-corrected chi connectivity index (χ3v) is 3.42. The number of pyridine rings is 1. The molecule has 3 N–H and O–H groups in total. The molecule has 19 heavy (non-hydrogen) atoms. The number of hydrazine groups is 1. The molecule has 0 radical (unpaired) electrons. The second-order valence-corrected chi connectivity index (χ2v) is 5.04. The Morgan fingerprint density at radius 2 is 2.21 bits per heavy atom. The molecule has 0 saturated heterocycles. The molecule has 0 amide bonds. The van der Waals surface area contributed by atoms with E-state index in [0.717, 1.165) is 41.1 Å². The average Bonchev–Trinajstić information content (AvgIpc) is 3.28. The third-order valence-electron chi connectivity index (χ3n) is 3.42. The molecule has 0 atom stereocenters. The van der Waals surface area contributed by atoms with Crippen molar-refractivity contribution in [2.75, 3.05) is 12.0 Å². The number of benzene rings is 1. The van der Waals surface area contributed by atoms with E-state index in [0.29, 0.717) is 5.92 Å². The predicted octanol–water partition coefficient (Wildman–Crippen LogP) is 3.19. The fourth-order valence-electron chi connectivity index (χ4n) is 2.24. The van der Waals surface area contributed by atoms with E-state index < -0.39 is 0 Å². The lowest BCUT2D eigenvalue weighted by Gasteiger charge is -2.11. The van der Waals surface area contributed by atoms with Crippen molar-refractivity contribution in [3.63, 3.8) is 0 Å².